The fourth-order valence-electron chi connectivity index (χ4n) is 14.7. The van der Waals surface area contributed by atoms with Gasteiger partial charge in [-0.1, -0.05) is 104 Å². The van der Waals surface area contributed by atoms with E-state index in [9.17, 15) is 30.0 Å². The van der Waals surface area contributed by atoms with Crippen molar-refractivity contribution in [2.75, 3.05) is 25.1 Å². The molecule has 14 heteroatoms. The zero-order valence-electron chi connectivity index (χ0n) is 50.5. The molecule has 7 aromatic rings. The summed E-state index contributed by atoms with van der Waals surface area (Å²) in [7, 11) is 1.49. The van der Waals surface area contributed by atoms with Crippen LogP contribution in [-0.4, -0.2) is 73.8 Å². The van der Waals surface area contributed by atoms with Gasteiger partial charge in [-0.05, 0) is 144 Å². The minimum absolute atomic E-state index is 0.00214. The smallest absolute Gasteiger partial charge is 0.302 e. The van der Waals surface area contributed by atoms with Gasteiger partial charge < -0.3 is 54.4 Å². The molecule has 0 radical (unpaired) electrons. The fraction of sp³-hybridized carbons (Fsp3) is 0.338. The third-order valence-electron chi connectivity index (χ3n) is 19.0. The van der Waals surface area contributed by atoms with Gasteiger partial charge in [0.2, 0.25) is 5.75 Å². The van der Waals surface area contributed by atoms with E-state index < -0.39 is 29.6 Å². The van der Waals surface area contributed by atoms with E-state index in [4.69, 9.17) is 14.2 Å². The highest BCUT2D eigenvalue weighted by atomic mass is 16.5. The number of dihydropyridines is 1. The van der Waals surface area contributed by atoms with Crippen LogP contribution in [0.5, 0.6) is 34.5 Å². The summed E-state index contributed by atoms with van der Waals surface area (Å²) in [5.41, 5.74) is 9.45. The van der Waals surface area contributed by atoms with E-state index in [1.54, 1.807) is 31.2 Å². The number of aryl methyl sites for hydroxylation is 1. The molecule has 2 aromatic heterocycles. The van der Waals surface area contributed by atoms with Crippen molar-refractivity contribution in [2.45, 2.75) is 128 Å². The summed E-state index contributed by atoms with van der Waals surface area (Å²) in [4.78, 5) is 47.5. The largest absolute Gasteiger partial charge is 0.508 e. The van der Waals surface area contributed by atoms with Crippen LogP contribution in [0.4, 0.5) is 5.69 Å². The summed E-state index contributed by atoms with van der Waals surface area (Å²) >= 11 is 0. The van der Waals surface area contributed by atoms with Crippen LogP contribution in [0.1, 0.15) is 154 Å². The Kier molecular flexibility index (Phi) is 16.7. The van der Waals surface area contributed by atoms with Crippen LogP contribution in [0.25, 0.3) is 10.8 Å². The lowest BCUT2D eigenvalue weighted by molar-refractivity contribution is -0.148. The SMILES string of the molecule is CC[C@H](c1ccccc1)c1cc(O)cc(Oc2c(O)cc([C@H]3CC(=O)C[C@H](OC(C)=O)CC[C@@]45Cc6c[nH]cc6[C@@H](C#CCC4=CC=C[C@@H]5C)[C@@H](c4cccc(O)c4)C4=CCNC(=C4)N(CCC(C)=O)c4ccc5c6c(n3cc46)CC[C@@H]5O)cc2OC)c1. The highest BCUT2D eigenvalue weighted by Gasteiger charge is 2.43. The van der Waals surface area contributed by atoms with Crippen LogP contribution < -0.4 is 19.7 Å². The number of fused-ring (bicyclic) bond motifs is 3. The van der Waals surface area contributed by atoms with Gasteiger partial charge in [-0.2, -0.15) is 0 Å². The molecule has 14 nitrogen and oxygen atoms in total. The zero-order valence-corrected chi connectivity index (χ0v) is 50.5. The Morgan fingerprint density at radius 3 is 2.52 bits per heavy atom. The molecule has 12 rings (SSSR count). The molecule has 1 spiro atoms. The van der Waals surface area contributed by atoms with Crippen LogP contribution in [-0.2, 0) is 32.0 Å². The standard InChI is InChI=1S/C74H76N4O10/c1-6-59(47-14-8-7-9-15-47)50-32-55(82)38-58(33-50)88-73-68(85)34-51(35-69(73)86-5)66-39-56(83)37-57(87-46(4)80)25-28-74-40-52-41-75-42-62(52)60(20-12-18-53(74)17-10-13-44(74)2)71(48-16-11-19-54(81)31-48)49-26-29-76-70(36-49)77(30-27-45(3)79)64-22-21-61-67(84)24-23-65-72(61)63(64)43-78(65)66/h7-11,13-17,19,21-22,26,31-36,38,41-44,57,59-60,66-67,71,75-76,81-82,84-85H,6,18,23-25,27-30,37,39-40H2,1-5H3/t44-,57+,59+,60+,66+,67-,71-,74-/m0/s1. The molecule has 5 aliphatic rings. The van der Waals surface area contributed by atoms with Gasteiger partial charge in [0.05, 0.1) is 30.9 Å². The number of benzene rings is 5. The number of phenolic OH excluding ortho intramolecular Hbond substituents is 3. The lowest BCUT2D eigenvalue weighted by Crippen LogP contribution is -2.36. The highest BCUT2D eigenvalue weighted by Crippen LogP contribution is 2.53. The van der Waals surface area contributed by atoms with E-state index in [2.05, 4.69) is 100 Å². The van der Waals surface area contributed by atoms with Crippen molar-refractivity contribution in [2.24, 2.45) is 11.3 Å². The molecule has 452 valence electrons. The second kappa shape index (κ2) is 24.9. The maximum Gasteiger partial charge on any atom is 0.302 e. The average Bonchev–Trinajstić information content (AvgIpc) is 2.08. The number of aliphatic hydroxyl groups excluding tert-OH is 1. The number of aliphatic hydroxyl groups is 1. The van der Waals surface area contributed by atoms with Crippen LogP contribution in [0, 0.1) is 23.2 Å². The van der Waals surface area contributed by atoms with Gasteiger partial charge in [0, 0.05) is 104 Å². The van der Waals surface area contributed by atoms with Crippen molar-refractivity contribution in [1.29, 1.82) is 0 Å². The first-order valence-electron chi connectivity index (χ1n) is 30.8. The third kappa shape index (κ3) is 11.6. The summed E-state index contributed by atoms with van der Waals surface area (Å²) in [6, 6.07) is 29.1. The molecule has 88 heavy (non-hydrogen) atoms. The molecule has 6 bridgehead atoms. The maximum atomic E-state index is 15.4. The monoisotopic (exact) mass is 1180 g/mol. The third-order valence-corrected chi connectivity index (χ3v) is 19.0. The van der Waals surface area contributed by atoms with Crippen molar-refractivity contribution in [1.82, 2.24) is 14.9 Å². The van der Waals surface area contributed by atoms with Gasteiger partial charge in [-0.25, -0.2) is 0 Å². The minimum atomic E-state index is -0.796. The topological polar surface area (TPSA) is 196 Å². The van der Waals surface area contributed by atoms with Crippen molar-refractivity contribution in [3.8, 4) is 46.3 Å². The number of ketones is 2. The second-order valence-electron chi connectivity index (χ2n) is 24.4. The van der Waals surface area contributed by atoms with E-state index in [1.165, 1.54) is 20.1 Å². The highest BCUT2D eigenvalue weighted by molar-refractivity contribution is 6.00. The van der Waals surface area contributed by atoms with Gasteiger partial charge in [-0.15, -0.1) is 0 Å². The van der Waals surface area contributed by atoms with E-state index in [1.807, 2.05) is 60.8 Å². The molecule has 5 aromatic carbocycles. The number of aromatic nitrogens is 2. The number of hydrogen-bond donors (Lipinski definition) is 6. The minimum Gasteiger partial charge on any atom is -0.508 e. The molecule has 0 saturated carbocycles. The van der Waals surface area contributed by atoms with Crippen molar-refractivity contribution >= 4 is 34.0 Å². The summed E-state index contributed by atoms with van der Waals surface area (Å²) < 4.78 is 20.9. The molecule has 3 aliphatic carbocycles. The predicted molar refractivity (Wildman–Crippen MR) is 340 cm³/mol. The van der Waals surface area contributed by atoms with Gasteiger partial charge >= 0.3 is 5.97 Å². The quantitative estimate of drug-likeness (QED) is 0.0501. The Morgan fingerprint density at radius 1 is 0.898 bits per heavy atom. The first kappa shape index (κ1) is 59.2. The summed E-state index contributed by atoms with van der Waals surface area (Å²) in [6.45, 7) is 8.01. The number of hydrogen-bond acceptors (Lipinski definition) is 12. The number of carbonyl (C=O) groups is 3. The molecule has 2 aliphatic heterocycles. The van der Waals surface area contributed by atoms with Gasteiger partial charge in [0.25, 0.3) is 0 Å². The number of allylic oxidation sites excluding steroid dienone is 6. The average molecular weight is 1180 g/mol. The molecule has 8 atom stereocenters. The second-order valence-corrected chi connectivity index (χ2v) is 24.4. The van der Waals surface area contributed by atoms with Gasteiger partial charge in [0.1, 0.15) is 40.7 Å². The number of H-pyrrole nitrogens is 1. The van der Waals surface area contributed by atoms with E-state index in [-0.39, 0.29) is 89.0 Å². The van der Waals surface area contributed by atoms with Gasteiger partial charge in [0.15, 0.2) is 11.5 Å². The first-order valence-corrected chi connectivity index (χ1v) is 30.8. The summed E-state index contributed by atoms with van der Waals surface area (Å²) in [5, 5.41) is 51.8. The number of Topliss-reactive ketones (excluding diaryl/α,β-unsaturated/α-hetero) is 2. The number of carbonyl (C=O) groups excluding carboxylic acids is 3. The molecule has 0 unspecified atom stereocenters. The Labute approximate surface area is 513 Å². The lowest BCUT2D eigenvalue weighted by atomic mass is 9.61. The Bertz CT molecular complexity index is 4040. The number of phenols is 3. The first-order chi connectivity index (χ1) is 42.6. The Morgan fingerprint density at radius 2 is 1.74 bits per heavy atom. The number of rotatable bonds is 12. The fourth-order valence-corrected chi connectivity index (χ4v) is 14.7. The molecule has 0 saturated heterocycles. The van der Waals surface area contributed by atoms with Crippen LogP contribution in [0.2, 0.25) is 0 Å². The normalized spacial score (nSPS) is 22.9. The zero-order chi connectivity index (χ0) is 61.4. The molecular weight excluding hydrogens is 1100 g/mol. The van der Waals surface area contributed by atoms with Crippen LogP contribution in [0.3, 0.4) is 0 Å². The van der Waals surface area contributed by atoms with Crippen molar-refractivity contribution in [3.63, 3.8) is 0 Å². The molecule has 0 fully saturated rings. The number of aromatic hydroxyl groups is 3. The number of anilines is 1. The van der Waals surface area contributed by atoms with Crippen molar-refractivity contribution < 1.29 is 49.0 Å². The Hall–Kier alpha value is -9.19. The number of nitrogens with one attached hydrogen (secondary N) is 2. The lowest BCUT2D eigenvalue weighted by Gasteiger charge is -2.43. The van der Waals surface area contributed by atoms with Gasteiger partial charge in [-0.3, -0.25) is 14.4 Å². The molecule has 0 amide bonds. The summed E-state index contributed by atoms with van der Waals surface area (Å²) in [5.74, 6) is 7.11. The molecule has 4 heterocycles. The number of methoxy groups -OCH3 is 1. The van der Waals surface area contributed by atoms with E-state index in [0.717, 1.165) is 78.9 Å². The molecule has 6 N–H and O–H groups in total. The van der Waals surface area contributed by atoms with E-state index >= 15 is 4.79 Å². The number of esters is 1. The summed E-state index contributed by atoms with van der Waals surface area (Å²) in [6.07, 6.45) is 19.1. The Balaban J connectivity index is 1.05. The maximum absolute atomic E-state index is 15.4. The molecular formula is C74H76N4O10. The number of aromatic amines is 1. The van der Waals surface area contributed by atoms with Crippen molar-refractivity contribution in [3.05, 3.63) is 208 Å². The number of nitrogens with zero attached hydrogens (tertiary/aromatic N) is 2. The van der Waals surface area contributed by atoms with Crippen LogP contribution in [0.15, 0.2) is 163 Å². The number of ether oxygens (including phenoxy) is 3. The predicted octanol–water partition coefficient (Wildman–Crippen LogP) is 13.9. The van der Waals surface area contributed by atoms with Crippen LogP contribution >= 0.6 is 0 Å². The van der Waals surface area contributed by atoms with E-state index in [0.29, 0.717) is 57.2 Å².